The van der Waals surface area contributed by atoms with Gasteiger partial charge < -0.3 is 19.1 Å². The summed E-state index contributed by atoms with van der Waals surface area (Å²) >= 11 is 3.47. The van der Waals surface area contributed by atoms with Gasteiger partial charge in [-0.3, -0.25) is 14.2 Å². The van der Waals surface area contributed by atoms with E-state index in [0.29, 0.717) is 50.9 Å². The standard InChI is InChI=1S/C28H30IN3O5S/c1-7-31(8-2)27(34)23-16(3)30-28-32(24(23)18-11-9-10-12-20(18)35-4)26(33)22(38-28)15-17-13-19(29)25(37-6)21(14-17)36-5/h9-15,24H,7-8H2,1-6H3/b22-15+/t24-/m1/s1. The Morgan fingerprint density at radius 1 is 1.11 bits per heavy atom. The molecule has 4 rings (SSSR count). The van der Waals surface area contributed by atoms with Gasteiger partial charge in [0, 0.05) is 18.7 Å². The third kappa shape index (κ3) is 4.98. The minimum Gasteiger partial charge on any atom is -0.496 e. The first kappa shape index (κ1) is 27.9. The second-order valence-electron chi connectivity index (χ2n) is 8.54. The van der Waals surface area contributed by atoms with Crippen LogP contribution in [0.25, 0.3) is 6.08 Å². The molecule has 1 aliphatic rings. The van der Waals surface area contributed by atoms with E-state index in [4.69, 9.17) is 19.2 Å². The molecule has 0 saturated heterocycles. The van der Waals surface area contributed by atoms with Gasteiger partial charge in [-0.15, -0.1) is 0 Å². The fourth-order valence-electron chi connectivity index (χ4n) is 4.64. The summed E-state index contributed by atoms with van der Waals surface area (Å²) in [6.07, 6.45) is 1.82. The number of ether oxygens (including phenoxy) is 3. The number of methoxy groups -OCH3 is 3. The fourth-order valence-corrected chi connectivity index (χ4v) is 6.53. The molecule has 1 amide bonds. The van der Waals surface area contributed by atoms with Crippen LogP contribution in [0, 0.1) is 3.57 Å². The molecule has 2 heterocycles. The Labute approximate surface area is 239 Å². The van der Waals surface area contributed by atoms with Crippen molar-refractivity contribution in [1.82, 2.24) is 9.47 Å². The molecule has 2 aromatic carbocycles. The van der Waals surface area contributed by atoms with Crippen LogP contribution in [0.2, 0.25) is 0 Å². The zero-order chi connectivity index (χ0) is 27.6. The molecule has 0 spiro atoms. The first-order chi connectivity index (χ1) is 18.3. The van der Waals surface area contributed by atoms with E-state index < -0.39 is 6.04 Å². The number of thiazole rings is 1. The molecule has 1 atom stereocenters. The monoisotopic (exact) mass is 647 g/mol. The van der Waals surface area contributed by atoms with Gasteiger partial charge in [-0.1, -0.05) is 29.5 Å². The summed E-state index contributed by atoms with van der Waals surface area (Å²) in [6.45, 7) is 6.80. The number of carbonyl (C=O) groups is 1. The lowest BCUT2D eigenvalue weighted by Gasteiger charge is -2.29. The number of likely N-dealkylation sites (N-methyl/N-ethyl adjacent to an activating group) is 1. The van der Waals surface area contributed by atoms with Crippen molar-refractivity contribution in [2.45, 2.75) is 26.8 Å². The number of aromatic nitrogens is 1. The fraction of sp³-hybridized carbons (Fsp3) is 0.321. The average molecular weight is 648 g/mol. The van der Waals surface area contributed by atoms with Crippen LogP contribution in [-0.4, -0.2) is 49.8 Å². The molecule has 0 aliphatic carbocycles. The van der Waals surface area contributed by atoms with Crippen molar-refractivity contribution in [3.8, 4) is 17.2 Å². The largest absolute Gasteiger partial charge is 0.496 e. The normalized spacial score (nSPS) is 15.1. The number of para-hydroxylation sites is 1. The van der Waals surface area contributed by atoms with E-state index in [-0.39, 0.29) is 11.5 Å². The van der Waals surface area contributed by atoms with Crippen LogP contribution in [0.1, 0.15) is 37.9 Å². The molecule has 0 unspecified atom stereocenters. The van der Waals surface area contributed by atoms with Crippen molar-refractivity contribution in [3.05, 3.63) is 82.1 Å². The van der Waals surface area contributed by atoms with Gasteiger partial charge in [0.1, 0.15) is 11.8 Å². The van der Waals surface area contributed by atoms with E-state index in [9.17, 15) is 9.59 Å². The average Bonchev–Trinajstić information content (AvgIpc) is 3.21. The predicted molar refractivity (Wildman–Crippen MR) is 157 cm³/mol. The summed E-state index contributed by atoms with van der Waals surface area (Å²) in [5, 5.41) is 0. The number of hydrogen-bond acceptors (Lipinski definition) is 7. The number of carbonyl (C=O) groups excluding carboxylic acids is 1. The van der Waals surface area contributed by atoms with E-state index >= 15 is 0 Å². The summed E-state index contributed by atoms with van der Waals surface area (Å²) in [5.74, 6) is 1.67. The van der Waals surface area contributed by atoms with Crippen LogP contribution >= 0.6 is 33.9 Å². The molecule has 10 heteroatoms. The number of benzene rings is 2. The Balaban J connectivity index is 1.99. The van der Waals surface area contributed by atoms with E-state index in [1.807, 2.05) is 63.2 Å². The Morgan fingerprint density at radius 3 is 2.42 bits per heavy atom. The van der Waals surface area contributed by atoms with E-state index in [0.717, 1.165) is 14.7 Å². The third-order valence-electron chi connectivity index (χ3n) is 6.49. The van der Waals surface area contributed by atoms with Gasteiger partial charge >= 0.3 is 0 Å². The molecule has 0 N–H and O–H groups in total. The van der Waals surface area contributed by atoms with Crippen LogP contribution in [0.5, 0.6) is 17.2 Å². The van der Waals surface area contributed by atoms with Gasteiger partial charge in [0.25, 0.3) is 11.5 Å². The van der Waals surface area contributed by atoms with Crippen molar-refractivity contribution in [2.75, 3.05) is 34.4 Å². The zero-order valence-corrected chi connectivity index (χ0v) is 25.2. The van der Waals surface area contributed by atoms with Crippen molar-refractivity contribution in [2.24, 2.45) is 4.99 Å². The highest BCUT2D eigenvalue weighted by atomic mass is 127. The van der Waals surface area contributed by atoms with E-state index in [1.165, 1.54) is 11.3 Å². The highest BCUT2D eigenvalue weighted by Gasteiger charge is 2.35. The van der Waals surface area contributed by atoms with E-state index in [2.05, 4.69) is 22.6 Å². The molecule has 8 nitrogen and oxygen atoms in total. The molecule has 1 aliphatic heterocycles. The molecular weight excluding hydrogens is 617 g/mol. The number of rotatable bonds is 8. The number of amides is 1. The van der Waals surface area contributed by atoms with Crippen LogP contribution < -0.4 is 29.1 Å². The Morgan fingerprint density at radius 2 is 1.79 bits per heavy atom. The number of allylic oxidation sites excluding steroid dienone is 1. The molecule has 0 radical (unpaired) electrons. The van der Waals surface area contributed by atoms with Gasteiger partial charge in [-0.2, -0.15) is 0 Å². The van der Waals surface area contributed by atoms with Gasteiger partial charge in [0.15, 0.2) is 16.3 Å². The van der Waals surface area contributed by atoms with Gasteiger partial charge in [0.05, 0.1) is 40.7 Å². The summed E-state index contributed by atoms with van der Waals surface area (Å²) in [7, 11) is 4.76. The topological polar surface area (TPSA) is 82.4 Å². The summed E-state index contributed by atoms with van der Waals surface area (Å²) in [5.41, 5.74) is 2.35. The minimum atomic E-state index is -0.678. The number of fused-ring (bicyclic) bond motifs is 1. The van der Waals surface area contributed by atoms with Crippen molar-refractivity contribution < 1.29 is 19.0 Å². The maximum Gasteiger partial charge on any atom is 0.271 e. The Kier molecular flexibility index (Phi) is 8.61. The third-order valence-corrected chi connectivity index (χ3v) is 8.27. The first-order valence-corrected chi connectivity index (χ1v) is 14.0. The summed E-state index contributed by atoms with van der Waals surface area (Å²) < 4.78 is 19.6. The maximum atomic E-state index is 14.0. The van der Waals surface area contributed by atoms with Crippen LogP contribution in [0.15, 0.2) is 57.5 Å². The van der Waals surface area contributed by atoms with Crippen molar-refractivity contribution >= 4 is 45.9 Å². The Bertz CT molecular complexity index is 1590. The lowest BCUT2D eigenvalue weighted by atomic mass is 9.94. The quantitative estimate of drug-likeness (QED) is 0.349. The number of nitrogens with zero attached hydrogens (tertiary/aromatic N) is 3. The number of halogens is 1. The maximum absolute atomic E-state index is 14.0. The van der Waals surface area contributed by atoms with Crippen LogP contribution in [0.3, 0.4) is 0 Å². The van der Waals surface area contributed by atoms with Gasteiger partial charge in [-0.25, -0.2) is 4.99 Å². The van der Waals surface area contributed by atoms with E-state index in [1.54, 1.807) is 30.8 Å². The molecule has 200 valence electrons. The molecule has 0 fully saturated rings. The highest BCUT2D eigenvalue weighted by molar-refractivity contribution is 14.1. The zero-order valence-electron chi connectivity index (χ0n) is 22.2. The molecule has 3 aromatic rings. The first-order valence-electron chi connectivity index (χ1n) is 12.2. The smallest absolute Gasteiger partial charge is 0.271 e. The SMILES string of the molecule is CCN(CC)C(=O)C1=C(C)N=c2s/c(=C/c3cc(I)c(OC)c(OC)c3)c(=O)n2[C@@H]1c1ccccc1OC. The molecule has 38 heavy (non-hydrogen) atoms. The lowest BCUT2D eigenvalue weighted by molar-refractivity contribution is -0.127. The molecule has 1 aromatic heterocycles. The molecule has 0 bridgehead atoms. The summed E-state index contributed by atoms with van der Waals surface area (Å²) in [4.78, 5) is 34.8. The lowest BCUT2D eigenvalue weighted by Crippen LogP contribution is -2.43. The highest BCUT2D eigenvalue weighted by Crippen LogP contribution is 2.36. The van der Waals surface area contributed by atoms with Crippen molar-refractivity contribution in [1.29, 1.82) is 0 Å². The summed E-state index contributed by atoms with van der Waals surface area (Å²) in [6, 6.07) is 10.6. The second-order valence-corrected chi connectivity index (χ2v) is 10.7. The van der Waals surface area contributed by atoms with Crippen LogP contribution in [0.4, 0.5) is 0 Å². The van der Waals surface area contributed by atoms with Crippen LogP contribution in [-0.2, 0) is 4.79 Å². The second kappa shape index (κ2) is 11.7. The minimum absolute atomic E-state index is 0.143. The van der Waals surface area contributed by atoms with Gasteiger partial charge in [0.2, 0.25) is 0 Å². The number of hydrogen-bond donors (Lipinski definition) is 0. The van der Waals surface area contributed by atoms with Gasteiger partial charge in [-0.05, 0) is 73.2 Å². The van der Waals surface area contributed by atoms with Crippen molar-refractivity contribution in [3.63, 3.8) is 0 Å². The molecular formula is C28H30IN3O5S. The Hall–Kier alpha value is -3.12. The molecule has 0 saturated carbocycles. The predicted octanol–water partition coefficient (Wildman–Crippen LogP) is 3.73.